The lowest BCUT2D eigenvalue weighted by molar-refractivity contribution is -0.152. The van der Waals surface area contributed by atoms with Crippen LogP contribution in [0.1, 0.15) is 12.0 Å². The van der Waals surface area contributed by atoms with Crippen molar-refractivity contribution in [2.24, 2.45) is 0 Å². The number of pyridine rings is 1. The smallest absolute Gasteiger partial charge is 0.306 e. The van der Waals surface area contributed by atoms with E-state index in [0.29, 0.717) is 18.1 Å². The van der Waals surface area contributed by atoms with Crippen LogP contribution in [0.25, 0.3) is 0 Å². The Morgan fingerprint density at radius 2 is 2.00 bits per heavy atom. The van der Waals surface area contributed by atoms with Gasteiger partial charge in [0.15, 0.2) is 0 Å². The molecule has 1 aliphatic heterocycles. The summed E-state index contributed by atoms with van der Waals surface area (Å²) in [5, 5.41) is 15.6. The first kappa shape index (κ1) is 21.1. The summed E-state index contributed by atoms with van der Waals surface area (Å²) < 4.78 is 0. The molecule has 3 N–H and O–H groups in total. The molecule has 1 aromatic carbocycles. The minimum atomic E-state index is -1.92. The fraction of sp³-hybridized carbons (Fsp3) is 0.333. The van der Waals surface area contributed by atoms with Crippen molar-refractivity contribution in [1.82, 2.24) is 14.8 Å². The molecule has 2 amide bonds. The Bertz CT molecular complexity index is 936. The van der Waals surface area contributed by atoms with E-state index in [0.717, 1.165) is 5.56 Å². The van der Waals surface area contributed by atoms with Crippen molar-refractivity contribution in [2.75, 3.05) is 37.8 Å². The minimum Gasteiger partial charge on any atom is -0.481 e. The number of benzene rings is 1. The van der Waals surface area contributed by atoms with Gasteiger partial charge in [-0.05, 0) is 23.8 Å². The Morgan fingerprint density at radius 3 is 2.70 bits per heavy atom. The first-order valence-corrected chi connectivity index (χ1v) is 9.57. The van der Waals surface area contributed by atoms with Crippen molar-refractivity contribution in [3.8, 4) is 0 Å². The summed E-state index contributed by atoms with van der Waals surface area (Å²) in [6.45, 7) is 0.932. The Hall–Kier alpha value is -3.62. The second kappa shape index (κ2) is 8.81. The third-order valence-electron chi connectivity index (χ3n) is 5.03. The monoisotopic (exact) mass is 411 g/mol. The highest BCUT2D eigenvalue weighted by atomic mass is 16.4. The molecule has 0 radical (unpaired) electrons. The van der Waals surface area contributed by atoms with Gasteiger partial charge in [-0.1, -0.05) is 24.3 Å². The summed E-state index contributed by atoms with van der Waals surface area (Å²) in [7, 11) is 3.12. The number of aliphatic carboxylic acids is 1. The van der Waals surface area contributed by atoms with E-state index < -0.39 is 29.7 Å². The second-order valence-corrected chi connectivity index (χ2v) is 7.29. The van der Waals surface area contributed by atoms with E-state index in [1.165, 1.54) is 9.80 Å². The zero-order valence-electron chi connectivity index (χ0n) is 17.0. The van der Waals surface area contributed by atoms with E-state index >= 15 is 0 Å². The van der Waals surface area contributed by atoms with E-state index in [9.17, 15) is 19.5 Å². The van der Waals surface area contributed by atoms with Gasteiger partial charge in [0.05, 0.1) is 6.42 Å². The van der Waals surface area contributed by atoms with E-state index in [-0.39, 0.29) is 13.1 Å². The van der Waals surface area contributed by atoms with Gasteiger partial charge in [0.25, 0.3) is 11.8 Å². The van der Waals surface area contributed by atoms with Crippen molar-refractivity contribution >= 4 is 29.3 Å². The van der Waals surface area contributed by atoms with E-state index in [1.807, 2.05) is 18.2 Å². The largest absolute Gasteiger partial charge is 0.481 e. The Balaban J connectivity index is 1.84. The van der Waals surface area contributed by atoms with Crippen LogP contribution in [0.3, 0.4) is 0 Å². The molecule has 0 bridgehead atoms. The average molecular weight is 411 g/mol. The number of fused-ring (bicyclic) bond motifs is 1. The van der Waals surface area contributed by atoms with Gasteiger partial charge in [-0.2, -0.15) is 0 Å². The molecular formula is C21H25N5O4. The number of rotatable bonds is 7. The maximum Gasteiger partial charge on any atom is 0.306 e. The number of carbonyl (C=O) groups excluding carboxylic acids is 2. The van der Waals surface area contributed by atoms with Crippen LogP contribution in [0, 0.1) is 0 Å². The number of carboxylic acid groups (broad SMARTS) is 1. The normalized spacial score (nSPS) is 18.1. The number of aromatic nitrogens is 1. The number of para-hydroxylation sites is 1. The average Bonchev–Trinajstić information content (AvgIpc) is 2.83. The van der Waals surface area contributed by atoms with Gasteiger partial charge in [-0.15, -0.1) is 0 Å². The zero-order chi connectivity index (χ0) is 21.7. The summed E-state index contributed by atoms with van der Waals surface area (Å²) in [5.41, 5.74) is -0.537. The van der Waals surface area contributed by atoms with Crippen LogP contribution in [0.4, 0.5) is 11.5 Å². The van der Waals surface area contributed by atoms with Gasteiger partial charge < -0.3 is 25.5 Å². The Kier molecular flexibility index (Phi) is 6.20. The molecule has 0 aliphatic carbocycles. The minimum absolute atomic E-state index is 0.261. The van der Waals surface area contributed by atoms with Gasteiger partial charge in [0, 0.05) is 45.6 Å². The number of nitrogens with one attached hydrogen (secondary N) is 2. The van der Waals surface area contributed by atoms with E-state index in [4.69, 9.17) is 0 Å². The fourth-order valence-electron chi connectivity index (χ4n) is 3.53. The van der Waals surface area contributed by atoms with Crippen molar-refractivity contribution in [1.29, 1.82) is 0 Å². The van der Waals surface area contributed by atoms with E-state index in [1.54, 1.807) is 44.6 Å². The number of hydrogen-bond acceptors (Lipinski definition) is 6. The van der Waals surface area contributed by atoms with Crippen molar-refractivity contribution in [3.05, 3.63) is 54.2 Å². The third-order valence-corrected chi connectivity index (χ3v) is 5.03. The molecule has 9 heteroatoms. The Labute approximate surface area is 174 Å². The van der Waals surface area contributed by atoms with Crippen LogP contribution >= 0.6 is 0 Å². The summed E-state index contributed by atoms with van der Waals surface area (Å²) in [6, 6.07) is 12.6. The Morgan fingerprint density at radius 1 is 1.27 bits per heavy atom. The molecule has 9 nitrogen and oxygen atoms in total. The highest BCUT2D eigenvalue weighted by molar-refractivity contribution is 6.14. The van der Waals surface area contributed by atoms with Gasteiger partial charge in [-0.3, -0.25) is 14.4 Å². The molecule has 1 aromatic heterocycles. The molecule has 1 aliphatic rings. The maximum absolute atomic E-state index is 13.4. The molecule has 3 rings (SSSR count). The third kappa shape index (κ3) is 4.35. The zero-order valence-corrected chi connectivity index (χ0v) is 17.0. The molecule has 0 fully saturated rings. The van der Waals surface area contributed by atoms with Crippen LogP contribution in [-0.2, 0) is 20.9 Å². The number of nitrogens with zero attached hydrogens (tertiary/aromatic N) is 3. The number of likely N-dealkylation sites (N-methyl/N-ethyl adjacent to an activating group) is 2. The van der Waals surface area contributed by atoms with Crippen LogP contribution in [0.5, 0.6) is 0 Å². The van der Waals surface area contributed by atoms with Crippen LogP contribution in [0.2, 0.25) is 0 Å². The lowest BCUT2D eigenvalue weighted by atomic mass is 9.91. The number of carboxylic acids is 1. The first-order chi connectivity index (χ1) is 14.3. The number of anilines is 2. The standard InChI is InChI=1S/C21H25N5O4/c1-25(12-11-23-17-9-5-6-10-22-17)19(29)21(13-18(27)28)20(30)26(2)14-15-7-3-4-8-16(15)24-21/h3-10,24H,11-14H2,1-2H3,(H,22,23)(H,27,28)/t21-/m1/s1. The van der Waals surface area contributed by atoms with Gasteiger partial charge in [0.1, 0.15) is 5.82 Å². The van der Waals surface area contributed by atoms with Gasteiger partial charge in [-0.25, -0.2) is 4.98 Å². The molecule has 0 saturated heterocycles. The fourth-order valence-corrected chi connectivity index (χ4v) is 3.53. The molecule has 158 valence electrons. The maximum atomic E-state index is 13.4. The SMILES string of the molecule is CN(CCNc1ccccn1)C(=O)[C@@]1(CC(=O)O)Nc2ccccc2CN(C)C1=O. The lowest BCUT2D eigenvalue weighted by Crippen LogP contribution is -2.62. The van der Waals surface area contributed by atoms with Crippen LogP contribution in [-0.4, -0.2) is 70.4 Å². The van der Waals surface area contributed by atoms with Crippen LogP contribution < -0.4 is 10.6 Å². The van der Waals surface area contributed by atoms with Gasteiger partial charge in [0.2, 0.25) is 5.54 Å². The molecule has 0 saturated carbocycles. The number of carbonyl (C=O) groups is 3. The van der Waals surface area contributed by atoms with Crippen molar-refractivity contribution < 1.29 is 19.5 Å². The first-order valence-electron chi connectivity index (χ1n) is 9.57. The van der Waals surface area contributed by atoms with E-state index in [2.05, 4.69) is 15.6 Å². The topological polar surface area (TPSA) is 115 Å². The summed E-state index contributed by atoms with van der Waals surface area (Å²) in [6.07, 6.45) is 0.988. The predicted molar refractivity (Wildman–Crippen MR) is 112 cm³/mol. The highest BCUT2D eigenvalue weighted by Crippen LogP contribution is 2.30. The molecule has 2 aromatic rings. The molecule has 0 spiro atoms. The molecule has 1 atom stereocenters. The van der Waals surface area contributed by atoms with Crippen LogP contribution in [0.15, 0.2) is 48.7 Å². The molecular weight excluding hydrogens is 386 g/mol. The predicted octanol–water partition coefficient (Wildman–Crippen LogP) is 1.25. The van der Waals surface area contributed by atoms with Crippen molar-refractivity contribution in [2.45, 2.75) is 18.5 Å². The lowest BCUT2D eigenvalue weighted by Gasteiger charge is -2.35. The number of amides is 2. The van der Waals surface area contributed by atoms with Gasteiger partial charge >= 0.3 is 5.97 Å². The summed E-state index contributed by atoms with van der Waals surface area (Å²) in [4.78, 5) is 45.3. The van der Waals surface area contributed by atoms with Crippen molar-refractivity contribution in [3.63, 3.8) is 0 Å². The quantitative estimate of drug-likeness (QED) is 0.588. The molecule has 0 unspecified atom stereocenters. The molecule has 2 heterocycles. The number of hydrogen-bond donors (Lipinski definition) is 3. The second-order valence-electron chi connectivity index (χ2n) is 7.29. The highest BCUT2D eigenvalue weighted by Gasteiger charge is 2.52. The summed E-state index contributed by atoms with van der Waals surface area (Å²) >= 11 is 0. The summed E-state index contributed by atoms with van der Waals surface area (Å²) in [5.74, 6) is -1.75. The molecule has 30 heavy (non-hydrogen) atoms.